The van der Waals surface area contributed by atoms with Crippen LogP contribution in [-0.2, 0) is 0 Å². The zero-order chi connectivity index (χ0) is 13.3. The smallest absolute Gasteiger partial charge is 0.259 e. The number of nitrogen functional groups attached to an aromatic ring is 1. The summed E-state index contributed by atoms with van der Waals surface area (Å²) in [7, 11) is 0. The minimum atomic E-state index is -0.212. The number of nitrogens with two attached hydrogens (primary N) is 1. The molecule has 0 aliphatic rings. The normalized spacial score (nSPS) is 10.4. The predicted octanol–water partition coefficient (Wildman–Crippen LogP) is 2.17. The summed E-state index contributed by atoms with van der Waals surface area (Å²) in [5.74, 6) is -0.212. The van der Waals surface area contributed by atoms with Gasteiger partial charge < -0.3 is 11.1 Å². The van der Waals surface area contributed by atoms with Crippen LogP contribution in [0.15, 0.2) is 18.3 Å². The number of benzene rings is 1. The summed E-state index contributed by atoms with van der Waals surface area (Å²) in [4.78, 5) is 12.0. The van der Waals surface area contributed by atoms with Crippen molar-refractivity contribution in [2.24, 2.45) is 0 Å². The van der Waals surface area contributed by atoms with Gasteiger partial charge in [-0.2, -0.15) is 5.10 Å². The highest BCUT2D eigenvalue weighted by Crippen LogP contribution is 2.23. The largest absolute Gasteiger partial charge is 0.397 e. The lowest BCUT2D eigenvalue weighted by Crippen LogP contribution is -2.14. The quantitative estimate of drug-likeness (QED) is 0.708. The second kappa shape index (κ2) is 4.52. The average Bonchev–Trinajstić information content (AvgIpc) is 2.72. The van der Waals surface area contributed by atoms with Crippen LogP contribution in [0.4, 0.5) is 11.4 Å². The number of nitrogens with zero attached hydrogens (tertiary/aromatic N) is 1. The van der Waals surface area contributed by atoms with Crippen LogP contribution in [0.2, 0.25) is 0 Å². The number of aryl methyl sites for hydroxylation is 3. The van der Waals surface area contributed by atoms with Crippen LogP contribution in [0.3, 0.4) is 0 Å². The van der Waals surface area contributed by atoms with Crippen molar-refractivity contribution in [3.63, 3.8) is 0 Å². The fraction of sp³-hybridized carbons (Fsp3) is 0.231. The van der Waals surface area contributed by atoms with Crippen LogP contribution in [0, 0.1) is 20.8 Å². The number of anilines is 2. The number of rotatable bonds is 2. The number of hydrogen-bond acceptors (Lipinski definition) is 3. The van der Waals surface area contributed by atoms with Crippen molar-refractivity contribution >= 4 is 17.3 Å². The summed E-state index contributed by atoms with van der Waals surface area (Å²) >= 11 is 0. The zero-order valence-electron chi connectivity index (χ0n) is 10.7. The molecule has 2 rings (SSSR count). The molecule has 1 aromatic carbocycles. The molecule has 0 aliphatic carbocycles. The number of hydrogen-bond donors (Lipinski definition) is 3. The first-order valence-electron chi connectivity index (χ1n) is 5.67. The molecule has 0 fully saturated rings. The molecule has 0 unspecified atom stereocenters. The molecule has 5 heteroatoms. The van der Waals surface area contributed by atoms with Gasteiger partial charge in [-0.05, 0) is 44.0 Å². The van der Waals surface area contributed by atoms with Gasteiger partial charge in [-0.3, -0.25) is 9.89 Å². The van der Waals surface area contributed by atoms with Gasteiger partial charge in [-0.15, -0.1) is 0 Å². The van der Waals surface area contributed by atoms with E-state index in [1.165, 1.54) is 6.20 Å². The maximum Gasteiger partial charge on any atom is 0.259 e. The number of amides is 1. The van der Waals surface area contributed by atoms with E-state index in [0.717, 1.165) is 16.8 Å². The van der Waals surface area contributed by atoms with Crippen molar-refractivity contribution in [3.8, 4) is 0 Å². The highest BCUT2D eigenvalue weighted by atomic mass is 16.1. The van der Waals surface area contributed by atoms with Gasteiger partial charge in [0, 0.05) is 5.69 Å². The zero-order valence-corrected chi connectivity index (χ0v) is 10.7. The second-order valence-corrected chi connectivity index (χ2v) is 4.39. The maximum atomic E-state index is 12.0. The molecular formula is C13H16N4O. The van der Waals surface area contributed by atoms with Gasteiger partial charge >= 0.3 is 0 Å². The molecule has 2 aromatic rings. The first kappa shape index (κ1) is 12.2. The Hall–Kier alpha value is -2.30. The molecule has 5 nitrogen and oxygen atoms in total. The van der Waals surface area contributed by atoms with Crippen LogP contribution in [0.1, 0.15) is 27.2 Å². The Labute approximate surface area is 105 Å². The third kappa shape index (κ3) is 2.20. The minimum absolute atomic E-state index is 0.212. The summed E-state index contributed by atoms with van der Waals surface area (Å²) in [6.07, 6.45) is 1.50. The van der Waals surface area contributed by atoms with E-state index in [4.69, 9.17) is 5.73 Å². The van der Waals surface area contributed by atoms with Crippen LogP contribution in [0.25, 0.3) is 0 Å². The molecule has 0 saturated carbocycles. The monoisotopic (exact) mass is 244 g/mol. The van der Waals surface area contributed by atoms with Gasteiger partial charge in [0.2, 0.25) is 0 Å². The van der Waals surface area contributed by atoms with E-state index in [1.54, 1.807) is 6.92 Å². The molecule has 1 heterocycles. The summed E-state index contributed by atoms with van der Waals surface area (Å²) < 4.78 is 0. The predicted molar refractivity (Wildman–Crippen MR) is 71.6 cm³/mol. The van der Waals surface area contributed by atoms with Crippen molar-refractivity contribution in [1.29, 1.82) is 0 Å². The lowest BCUT2D eigenvalue weighted by Gasteiger charge is -2.10. The fourth-order valence-electron chi connectivity index (χ4n) is 1.72. The van der Waals surface area contributed by atoms with Gasteiger partial charge in [-0.25, -0.2) is 0 Å². The van der Waals surface area contributed by atoms with Gasteiger partial charge in [0.15, 0.2) is 0 Å². The van der Waals surface area contributed by atoms with E-state index in [9.17, 15) is 4.79 Å². The topological polar surface area (TPSA) is 83.8 Å². The van der Waals surface area contributed by atoms with Crippen LogP contribution >= 0.6 is 0 Å². The summed E-state index contributed by atoms with van der Waals surface area (Å²) in [5.41, 5.74) is 10.5. The average molecular weight is 244 g/mol. The van der Waals surface area contributed by atoms with Crippen molar-refractivity contribution < 1.29 is 4.79 Å². The van der Waals surface area contributed by atoms with Gasteiger partial charge in [-0.1, -0.05) is 0 Å². The molecule has 0 radical (unpaired) electrons. The molecular weight excluding hydrogens is 228 g/mol. The molecule has 18 heavy (non-hydrogen) atoms. The van der Waals surface area contributed by atoms with E-state index >= 15 is 0 Å². The highest BCUT2D eigenvalue weighted by Gasteiger charge is 2.12. The molecule has 0 bridgehead atoms. The van der Waals surface area contributed by atoms with Crippen LogP contribution in [-0.4, -0.2) is 16.1 Å². The number of H-pyrrole nitrogens is 1. The van der Waals surface area contributed by atoms with Crippen LogP contribution in [0.5, 0.6) is 0 Å². The molecule has 0 saturated heterocycles. The Morgan fingerprint density at radius 3 is 2.56 bits per heavy atom. The maximum absolute atomic E-state index is 12.0. The van der Waals surface area contributed by atoms with Crippen LogP contribution < -0.4 is 11.1 Å². The lowest BCUT2D eigenvalue weighted by atomic mass is 10.1. The molecule has 4 N–H and O–H groups in total. The standard InChI is InChI=1S/C13H16N4O/c1-7-4-11(14)12(5-8(7)2)16-13(18)10-6-15-17-9(10)3/h4-6H,14H2,1-3H3,(H,15,17)(H,16,18). The SMILES string of the molecule is Cc1cc(N)c(NC(=O)c2cn[nH]c2C)cc1C. The van der Waals surface area contributed by atoms with E-state index < -0.39 is 0 Å². The lowest BCUT2D eigenvalue weighted by molar-refractivity contribution is 0.102. The summed E-state index contributed by atoms with van der Waals surface area (Å²) in [6.45, 7) is 5.76. The fourth-order valence-corrected chi connectivity index (χ4v) is 1.72. The van der Waals surface area contributed by atoms with E-state index in [2.05, 4.69) is 15.5 Å². The second-order valence-electron chi connectivity index (χ2n) is 4.39. The first-order valence-corrected chi connectivity index (χ1v) is 5.67. The van der Waals surface area contributed by atoms with Gasteiger partial charge in [0.1, 0.15) is 0 Å². The number of aromatic amines is 1. The van der Waals surface area contributed by atoms with Crippen molar-refractivity contribution in [2.75, 3.05) is 11.1 Å². The minimum Gasteiger partial charge on any atom is -0.397 e. The highest BCUT2D eigenvalue weighted by molar-refractivity contribution is 6.06. The molecule has 94 valence electrons. The van der Waals surface area contributed by atoms with E-state index in [0.29, 0.717) is 16.9 Å². The Bertz CT molecular complexity index is 601. The van der Waals surface area contributed by atoms with Crippen molar-refractivity contribution in [3.05, 3.63) is 40.7 Å². The van der Waals surface area contributed by atoms with Crippen molar-refractivity contribution in [2.45, 2.75) is 20.8 Å². The number of carbonyl (C=O) groups excluding carboxylic acids is 1. The molecule has 1 amide bonds. The molecule has 0 aliphatic heterocycles. The number of carbonyl (C=O) groups is 1. The summed E-state index contributed by atoms with van der Waals surface area (Å²) in [6, 6.07) is 3.73. The Morgan fingerprint density at radius 1 is 1.28 bits per heavy atom. The van der Waals surface area contributed by atoms with Gasteiger partial charge in [0.25, 0.3) is 5.91 Å². The Balaban J connectivity index is 2.28. The van der Waals surface area contributed by atoms with Gasteiger partial charge in [0.05, 0.1) is 23.1 Å². The molecule has 1 aromatic heterocycles. The third-order valence-corrected chi connectivity index (χ3v) is 2.99. The number of aromatic nitrogens is 2. The third-order valence-electron chi connectivity index (χ3n) is 2.99. The number of nitrogens with one attached hydrogen (secondary N) is 2. The Kier molecular flexibility index (Phi) is 3.06. The van der Waals surface area contributed by atoms with E-state index in [-0.39, 0.29) is 5.91 Å². The molecule has 0 spiro atoms. The summed E-state index contributed by atoms with van der Waals surface area (Å²) in [5, 5.41) is 9.35. The Morgan fingerprint density at radius 2 is 1.94 bits per heavy atom. The van der Waals surface area contributed by atoms with E-state index in [1.807, 2.05) is 26.0 Å². The van der Waals surface area contributed by atoms with Crippen molar-refractivity contribution in [1.82, 2.24) is 10.2 Å². The molecule has 0 atom stereocenters. The first-order chi connectivity index (χ1) is 8.49.